The van der Waals surface area contributed by atoms with Gasteiger partial charge in [-0.2, -0.15) is 11.8 Å². The fourth-order valence-electron chi connectivity index (χ4n) is 1.42. The molecule has 2 N–H and O–H groups in total. The molecule has 1 nitrogen and oxygen atoms in total. The van der Waals surface area contributed by atoms with Gasteiger partial charge in [0.15, 0.2) is 0 Å². The van der Waals surface area contributed by atoms with Crippen molar-refractivity contribution in [2.24, 2.45) is 5.73 Å². The van der Waals surface area contributed by atoms with E-state index in [-0.39, 0.29) is 11.9 Å². The molecule has 0 aromatic heterocycles. The van der Waals surface area contributed by atoms with Gasteiger partial charge in [0.05, 0.1) is 0 Å². The predicted octanol–water partition coefficient (Wildman–Crippen LogP) is 2.37. The largest absolute Gasteiger partial charge is 0.327 e. The van der Waals surface area contributed by atoms with E-state index in [1.165, 1.54) is 6.07 Å². The highest BCUT2D eigenvalue weighted by atomic mass is 32.2. The monoisotopic (exact) mass is 213 g/mol. The van der Waals surface area contributed by atoms with Crippen LogP contribution >= 0.6 is 11.8 Å². The van der Waals surface area contributed by atoms with Crippen molar-refractivity contribution in [3.8, 4) is 0 Å². The molecule has 1 atom stereocenters. The molecule has 1 unspecified atom stereocenters. The van der Waals surface area contributed by atoms with E-state index in [2.05, 4.69) is 0 Å². The number of hydrogen-bond acceptors (Lipinski definition) is 2. The zero-order valence-corrected chi connectivity index (χ0v) is 9.40. The Hall–Kier alpha value is -0.540. The lowest BCUT2D eigenvalue weighted by molar-refractivity contribution is 0.622. The Kier molecular flexibility index (Phi) is 4.42. The lowest BCUT2D eigenvalue weighted by atomic mass is 10.0. The van der Waals surface area contributed by atoms with Crippen LogP contribution in [0.5, 0.6) is 0 Å². The summed E-state index contributed by atoms with van der Waals surface area (Å²) in [7, 11) is 0. The third-order valence-corrected chi connectivity index (χ3v) is 2.94. The Balaban J connectivity index is 2.70. The van der Waals surface area contributed by atoms with E-state index >= 15 is 0 Å². The van der Waals surface area contributed by atoms with E-state index in [1.54, 1.807) is 23.9 Å². The number of halogens is 1. The summed E-state index contributed by atoms with van der Waals surface area (Å²) in [5.74, 6) is 0.734. The van der Waals surface area contributed by atoms with E-state index in [0.29, 0.717) is 0 Å². The number of hydrogen-bond donors (Lipinski definition) is 1. The third kappa shape index (κ3) is 3.31. The van der Waals surface area contributed by atoms with Crippen LogP contribution in [0.1, 0.15) is 11.1 Å². The van der Waals surface area contributed by atoms with Gasteiger partial charge in [0.1, 0.15) is 5.82 Å². The molecule has 0 spiro atoms. The topological polar surface area (TPSA) is 26.0 Å². The van der Waals surface area contributed by atoms with E-state index in [9.17, 15) is 4.39 Å². The molecule has 14 heavy (non-hydrogen) atoms. The van der Waals surface area contributed by atoms with Crippen LogP contribution < -0.4 is 5.73 Å². The molecular weight excluding hydrogens is 197 g/mol. The van der Waals surface area contributed by atoms with E-state index in [1.807, 2.05) is 13.2 Å². The minimum Gasteiger partial charge on any atom is -0.327 e. The number of nitrogens with two attached hydrogens (primary N) is 1. The van der Waals surface area contributed by atoms with Crippen LogP contribution in [0.25, 0.3) is 0 Å². The second-order valence-corrected chi connectivity index (χ2v) is 4.40. The Morgan fingerprint density at radius 1 is 1.50 bits per heavy atom. The van der Waals surface area contributed by atoms with Gasteiger partial charge >= 0.3 is 0 Å². The summed E-state index contributed by atoms with van der Waals surface area (Å²) >= 11 is 1.72. The summed E-state index contributed by atoms with van der Waals surface area (Å²) in [5, 5.41) is 0. The van der Waals surface area contributed by atoms with Crippen LogP contribution in [0.4, 0.5) is 4.39 Å². The highest BCUT2D eigenvalue weighted by Crippen LogP contribution is 2.13. The van der Waals surface area contributed by atoms with Gasteiger partial charge < -0.3 is 5.73 Å². The van der Waals surface area contributed by atoms with Crippen molar-refractivity contribution < 1.29 is 4.39 Å². The maximum Gasteiger partial charge on any atom is 0.123 e. The van der Waals surface area contributed by atoms with E-state index < -0.39 is 0 Å². The third-order valence-electron chi connectivity index (χ3n) is 2.17. The maximum absolute atomic E-state index is 12.9. The molecule has 78 valence electrons. The van der Waals surface area contributed by atoms with Gasteiger partial charge in [-0.05, 0) is 42.9 Å². The summed E-state index contributed by atoms with van der Waals surface area (Å²) in [6, 6.07) is 4.98. The Morgan fingerprint density at radius 2 is 2.21 bits per heavy atom. The summed E-state index contributed by atoms with van der Waals surface area (Å²) in [6.07, 6.45) is 2.78. The van der Waals surface area contributed by atoms with Gasteiger partial charge in [-0.3, -0.25) is 0 Å². The average Bonchev–Trinajstić information content (AvgIpc) is 2.12. The van der Waals surface area contributed by atoms with Crippen molar-refractivity contribution >= 4 is 11.8 Å². The van der Waals surface area contributed by atoms with Crippen molar-refractivity contribution in [3.05, 3.63) is 35.1 Å². The van der Waals surface area contributed by atoms with Crippen LogP contribution in [-0.4, -0.2) is 18.1 Å². The van der Waals surface area contributed by atoms with Gasteiger partial charge in [0.2, 0.25) is 0 Å². The van der Waals surface area contributed by atoms with Gasteiger partial charge in [-0.25, -0.2) is 4.39 Å². The smallest absolute Gasteiger partial charge is 0.123 e. The second kappa shape index (κ2) is 5.37. The first-order valence-corrected chi connectivity index (χ1v) is 6.02. The Morgan fingerprint density at radius 3 is 2.86 bits per heavy atom. The molecule has 0 bridgehead atoms. The summed E-state index contributed by atoms with van der Waals surface area (Å²) < 4.78 is 12.9. The van der Waals surface area contributed by atoms with E-state index in [4.69, 9.17) is 5.73 Å². The van der Waals surface area contributed by atoms with Crippen molar-refractivity contribution in [2.75, 3.05) is 12.0 Å². The molecule has 0 aliphatic carbocycles. The summed E-state index contributed by atoms with van der Waals surface area (Å²) in [6.45, 7) is 1.99. The number of benzene rings is 1. The lowest BCUT2D eigenvalue weighted by Gasteiger charge is -2.12. The normalized spacial score (nSPS) is 12.9. The fraction of sp³-hybridized carbons (Fsp3) is 0.455. The molecule has 0 aliphatic heterocycles. The number of thioether (sulfide) groups is 1. The first-order chi connectivity index (χ1) is 6.63. The zero-order chi connectivity index (χ0) is 10.6. The first-order valence-electron chi connectivity index (χ1n) is 4.63. The molecule has 0 saturated heterocycles. The number of rotatable bonds is 4. The molecule has 3 heteroatoms. The van der Waals surface area contributed by atoms with Crippen LogP contribution in [0.15, 0.2) is 18.2 Å². The molecule has 1 aromatic rings. The summed E-state index contributed by atoms with van der Waals surface area (Å²) in [4.78, 5) is 0. The van der Waals surface area contributed by atoms with E-state index in [0.717, 1.165) is 23.3 Å². The molecule has 0 heterocycles. The van der Waals surface area contributed by atoms with Crippen LogP contribution in [-0.2, 0) is 6.42 Å². The van der Waals surface area contributed by atoms with Gasteiger partial charge in [0.25, 0.3) is 0 Å². The minimum absolute atomic E-state index is 0.116. The molecule has 0 radical (unpaired) electrons. The fourth-order valence-corrected chi connectivity index (χ4v) is 1.96. The lowest BCUT2D eigenvalue weighted by Crippen LogP contribution is -2.25. The standard InChI is InChI=1S/C11H16FNS/c1-8-3-4-10(12)5-9(8)6-11(13)7-14-2/h3-5,11H,6-7,13H2,1-2H3. The number of aryl methyl sites for hydroxylation is 1. The molecule has 0 fully saturated rings. The SMILES string of the molecule is CSCC(N)Cc1cc(F)ccc1C. The quantitative estimate of drug-likeness (QED) is 0.831. The van der Waals surface area contributed by atoms with Gasteiger partial charge in [-0.1, -0.05) is 6.07 Å². The Bertz CT molecular complexity index is 301. The van der Waals surface area contributed by atoms with Gasteiger partial charge in [0, 0.05) is 11.8 Å². The Labute approximate surface area is 88.9 Å². The van der Waals surface area contributed by atoms with Crippen molar-refractivity contribution in [2.45, 2.75) is 19.4 Å². The maximum atomic E-state index is 12.9. The van der Waals surface area contributed by atoms with Crippen molar-refractivity contribution in [1.82, 2.24) is 0 Å². The van der Waals surface area contributed by atoms with Crippen LogP contribution in [0.3, 0.4) is 0 Å². The average molecular weight is 213 g/mol. The molecule has 0 amide bonds. The predicted molar refractivity (Wildman–Crippen MR) is 61.2 cm³/mol. The van der Waals surface area contributed by atoms with Crippen LogP contribution in [0, 0.1) is 12.7 Å². The minimum atomic E-state index is -0.179. The summed E-state index contributed by atoms with van der Waals surface area (Å²) in [5.41, 5.74) is 8.03. The van der Waals surface area contributed by atoms with Gasteiger partial charge in [-0.15, -0.1) is 0 Å². The molecule has 1 aromatic carbocycles. The molecular formula is C11H16FNS. The zero-order valence-electron chi connectivity index (χ0n) is 8.59. The molecule has 0 saturated carbocycles. The second-order valence-electron chi connectivity index (χ2n) is 3.49. The van der Waals surface area contributed by atoms with Crippen molar-refractivity contribution in [1.29, 1.82) is 0 Å². The first kappa shape index (κ1) is 11.5. The highest BCUT2D eigenvalue weighted by Gasteiger charge is 2.06. The molecule has 0 aliphatic rings. The van der Waals surface area contributed by atoms with Crippen molar-refractivity contribution in [3.63, 3.8) is 0 Å². The highest BCUT2D eigenvalue weighted by molar-refractivity contribution is 7.98. The molecule has 1 rings (SSSR count). The van der Waals surface area contributed by atoms with Crippen LogP contribution in [0.2, 0.25) is 0 Å².